The summed E-state index contributed by atoms with van der Waals surface area (Å²) in [6.45, 7) is -0.212. The van der Waals surface area contributed by atoms with Gasteiger partial charge in [-0.05, 0) is 49.4 Å². The maximum absolute atomic E-state index is 12.8. The molecule has 0 atom stereocenters. The molecule has 0 radical (unpaired) electrons. The van der Waals surface area contributed by atoms with E-state index < -0.39 is 0 Å². The number of anilines is 1. The van der Waals surface area contributed by atoms with Crippen LogP contribution in [0.2, 0.25) is 5.02 Å². The number of benzene rings is 1. The molecule has 0 saturated carbocycles. The van der Waals surface area contributed by atoms with Gasteiger partial charge in [0.25, 0.3) is 5.56 Å². The number of carbonyl (C=O) groups excluding carboxylic acids is 1. The molecule has 1 aliphatic rings. The second-order valence-electron chi connectivity index (χ2n) is 6.34. The quantitative estimate of drug-likeness (QED) is 0.722. The lowest BCUT2D eigenvalue weighted by Gasteiger charge is -2.10. The molecule has 1 amide bonds. The van der Waals surface area contributed by atoms with Gasteiger partial charge in [0, 0.05) is 10.6 Å². The normalized spacial score (nSPS) is 13.4. The van der Waals surface area contributed by atoms with Crippen molar-refractivity contribution in [3.63, 3.8) is 0 Å². The lowest BCUT2D eigenvalue weighted by atomic mass is 9.97. The summed E-state index contributed by atoms with van der Waals surface area (Å²) in [5.74, 6) is 0.139. The van der Waals surface area contributed by atoms with Crippen LogP contribution in [0.1, 0.15) is 23.3 Å². The third kappa shape index (κ3) is 3.42. The van der Waals surface area contributed by atoms with Crippen molar-refractivity contribution < 1.29 is 9.53 Å². The Morgan fingerprint density at radius 1 is 1.37 bits per heavy atom. The number of nitrogens with zero attached hydrogens (tertiary/aromatic N) is 3. The van der Waals surface area contributed by atoms with Gasteiger partial charge in [-0.3, -0.25) is 9.59 Å². The number of aryl methyl sites for hydroxylation is 2. The Morgan fingerprint density at radius 3 is 2.96 bits per heavy atom. The molecule has 9 heteroatoms. The zero-order chi connectivity index (χ0) is 19.0. The Labute approximate surface area is 163 Å². The summed E-state index contributed by atoms with van der Waals surface area (Å²) in [4.78, 5) is 27.1. The summed E-state index contributed by atoms with van der Waals surface area (Å²) in [5, 5.41) is 11.8. The van der Waals surface area contributed by atoms with Crippen molar-refractivity contribution in [3.8, 4) is 5.75 Å². The molecule has 1 aliphatic carbocycles. The number of hydrogen-bond acceptors (Lipinski definition) is 6. The van der Waals surface area contributed by atoms with Crippen LogP contribution >= 0.6 is 22.9 Å². The molecule has 7 nitrogen and oxygen atoms in total. The molecular formula is C18H17ClN4O3S. The minimum Gasteiger partial charge on any atom is -0.495 e. The molecule has 0 spiro atoms. The summed E-state index contributed by atoms with van der Waals surface area (Å²) >= 11 is 7.60. The summed E-state index contributed by atoms with van der Waals surface area (Å²) < 4.78 is 6.20. The molecule has 140 valence electrons. The van der Waals surface area contributed by atoms with Gasteiger partial charge >= 0.3 is 0 Å². The standard InChI is InChI=1S/C18H17ClN4O3S/c1-26-13-7-6-10(8-12(13)19)20-15(24)9-23-18(25)16-11-4-2-3-5-14(11)27-17(16)21-22-23/h6-8H,2-5,9H2,1H3,(H,20,24). The van der Waals surface area contributed by atoms with Crippen LogP contribution < -0.4 is 15.6 Å². The zero-order valence-electron chi connectivity index (χ0n) is 14.6. The zero-order valence-corrected chi connectivity index (χ0v) is 16.2. The fourth-order valence-electron chi connectivity index (χ4n) is 3.29. The van der Waals surface area contributed by atoms with Gasteiger partial charge in [-0.15, -0.1) is 16.4 Å². The van der Waals surface area contributed by atoms with Crippen molar-refractivity contribution in [3.05, 3.63) is 44.0 Å². The number of hydrogen-bond donors (Lipinski definition) is 1. The first kappa shape index (κ1) is 17.9. The van der Waals surface area contributed by atoms with Gasteiger partial charge in [0.1, 0.15) is 12.3 Å². The van der Waals surface area contributed by atoms with Gasteiger partial charge in [-0.25, -0.2) is 4.68 Å². The highest BCUT2D eigenvalue weighted by atomic mass is 35.5. The van der Waals surface area contributed by atoms with Crippen LogP contribution in [0.5, 0.6) is 5.75 Å². The van der Waals surface area contributed by atoms with Crippen molar-refractivity contribution in [1.82, 2.24) is 15.0 Å². The van der Waals surface area contributed by atoms with Gasteiger partial charge in [-0.2, -0.15) is 0 Å². The molecule has 1 N–H and O–H groups in total. The molecule has 0 fully saturated rings. The predicted octanol–water partition coefficient (Wildman–Crippen LogP) is 3.03. The molecule has 0 bridgehead atoms. The third-order valence-corrected chi connectivity index (χ3v) is 6.04. The van der Waals surface area contributed by atoms with E-state index in [1.54, 1.807) is 18.2 Å². The van der Waals surface area contributed by atoms with Crippen molar-refractivity contribution in [1.29, 1.82) is 0 Å². The van der Waals surface area contributed by atoms with Gasteiger partial charge in [-0.1, -0.05) is 16.8 Å². The van der Waals surface area contributed by atoms with Gasteiger partial charge in [0.15, 0.2) is 4.83 Å². The molecule has 3 aromatic rings. The number of fused-ring (bicyclic) bond motifs is 3. The Bertz CT molecular complexity index is 1090. The fourth-order valence-corrected chi connectivity index (χ4v) is 4.75. The Kier molecular flexibility index (Phi) is 4.84. The maximum Gasteiger partial charge on any atom is 0.279 e. The Balaban J connectivity index is 1.58. The van der Waals surface area contributed by atoms with E-state index in [9.17, 15) is 9.59 Å². The number of nitrogens with one attached hydrogen (secondary N) is 1. The number of ether oxygens (including phenoxy) is 1. The molecular weight excluding hydrogens is 388 g/mol. The predicted molar refractivity (Wildman–Crippen MR) is 105 cm³/mol. The van der Waals surface area contributed by atoms with E-state index in [2.05, 4.69) is 15.6 Å². The summed E-state index contributed by atoms with van der Waals surface area (Å²) in [5.41, 5.74) is 1.33. The Hall–Kier alpha value is -2.45. The average Bonchev–Trinajstić information content (AvgIpc) is 3.03. The van der Waals surface area contributed by atoms with Crippen LogP contribution in [0.15, 0.2) is 23.0 Å². The smallest absolute Gasteiger partial charge is 0.279 e. The van der Waals surface area contributed by atoms with E-state index in [1.807, 2.05) is 0 Å². The van der Waals surface area contributed by atoms with E-state index in [0.29, 0.717) is 26.7 Å². The minimum atomic E-state index is -0.379. The molecule has 0 unspecified atom stereocenters. The second-order valence-corrected chi connectivity index (χ2v) is 7.83. The largest absolute Gasteiger partial charge is 0.495 e. The molecule has 2 aromatic heterocycles. The molecule has 0 aliphatic heterocycles. The highest BCUT2D eigenvalue weighted by Crippen LogP contribution is 2.33. The number of thiophene rings is 1. The lowest BCUT2D eigenvalue weighted by molar-refractivity contribution is -0.117. The van der Waals surface area contributed by atoms with Crippen LogP contribution in [0, 0.1) is 0 Å². The molecule has 4 rings (SSSR count). The van der Waals surface area contributed by atoms with Crippen molar-refractivity contribution in [2.75, 3.05) is 12.4 Å². The first-order chi connectivity index (χ1) is 13.1. The van der Waals surface area contributed by atoms with E-state index in [0.717, 1.165) is 35.9 Å². The topological polar surface area (TPSA) is 86.1 Å². The summed E-state index contributed by atoms with van der Waals surface area (Å²) in [6.07, 6.45) is 4.06. The highest BCUT2D eigenvalue weighted by molar-refractivity contribution is 7.18. The second kappa shape index (κ2) is 7.28. The molecule has 27 heavy (non-hydrogen) atoms. The van der Waals surface area contributed by atoms with Crippen molar-refractivity contribution >= 4 is 44.7 Å². The van der Waals surface area contributed by atoms with Crippen LogP contribution in [0.3, 0.4) is 0 Å². The number of aromatic nitrogens is 3. The third-order valence-electron chi connectivity index (χ3n) is 4.57. The monoisotopic (exact) mass is 404 g/mol. The van der Waals surface area contributed by atoms with E-state index in [1.165, 1.54) is 23.3 Å². The maximum atomic E-state index is 12.8. The summed E-state index contributed by atoms with van der Waals surface area (Å²) in [6, 6.07) is 4.92. The van der Waals surface area contributed by atoms with Crippen LogP contribution in [-0.2, 0) is 24.2 Å². The highest BCUT2D eigenvalue weighted by Gasteiger charge is 2.21. The van der Waals surface area contributed by atoms with E-state index >= 15 is 0 Å². The van der Waals surface area contributed by atoms with Crippen molar-refractivity contribution in [2.24, 2.45) is 0 Å². The molecule has 0 saturated heterocycles. The number of methoxy groups -OCH3 is 1. The molecule has 2 heterocycles. The van der Waals surface area contributed by atoms with E-state index in [4.69, 9.17) is 16.3 Å². The van der Waals surface area contributed by atoms with Gasteiger partial charge in [0.05, 0.1) is 17.5 Å². The number of halogens is 1. The number of carbonyl (C=O) groups is 1. The molecule has 1 aromatic carbocycles. The van der Waals surface area contributed by atoms with Gasteiger partial charge < -0.3 is 10.1 Å². The first-order valence-corrected chi connectivity index (χ1v) is 9.77. The number of amides is 1. The first-order valence-electron chi connectivity index (χ1n) is 8.58. The SMILES string of the molecule is COc1ccc(NC(=O)Cn2nnc3sc4c(c3c2=O)CCCC4)cc1Cl. The lowest BCUT2D eigenvalue weighted by Crippen LogP contribution is -2.30. The van der Waals surface area contributed by atoms with Crippen molar-refractivity contribution in [2.45, 2.75) is 32.2 Å². The van der Waals surface area contributed by atoms with Crippen LogP contribution in [0.25, 0.3) is 10.2 Å². The summed E-state index contributed by atoms with van der Waals surface area (Å²) in [7, 11) is 1.52. The number of rotatable bonds is 4. The minimum absolute atomic E-state index is 0.212. The fraction of sp³-hybridized carbons (Fsp3) is 0.333. The van der Waals surface area contributed by atoms with E-state index in [-0.39, 0.29) is 18.0 Å². The Morgan fingerprint density at radius 2 is 2.19 bits per heavy atom. The van der Waals surface area contributed by atoms with Crippen LogP contribution in [-0.4, -0.2) is 28.0 Å². The average molecular weight is 405 g/mol. The van der Waals surface area contributed by atoms with Gasteiger partial charge in [0.2, 0.25) is 5.91 Å². The van der Waals surface area contributed by atoms with Crippen LogP contribution in [0.4, 0.5) is 5.69 Å².